The van der Waals surface area contributed by atoms with Crippen molar-refractivity contribution in [3.05, 3.63) is 25.6 Å². The van der Waals surface area contributed by atoms with Gasteiger partial charge in [0.25, 0.3) is 5.56 Å². The average Bonchev–Trinajstić information content (AvgIpc) is 2.79. The summed E-state index contributed by atoms with van der Waals surface area (Å²) in [5.74, 6) is 0.706. The highest BCUT2D eigenvalue weighted by Gasteiger charge is 2.23. The smallest absolute Gasteiger partial charge is 0.263 e. The van der Waals surface area contributed by atoms with Crippen LogP contribution in [0.1, 0.15) is 30.2 Å². The molecule has 1 aliphatic rings. The summed E-state index contributed by atoms with van der Waals surface area (Å²) in [6.07, 6.45) is 4.05. The maximum atomic E-state index is 12.8. The summed E-state index contributed by atoms with van der Waals surface area (Å²) >= 11 is 7.06. The molecule has 0 saturated heterocycles. The van der Waals surface area contributed by atoms with Crippen LogP contribution < -0.4 is 5.56 Å². The van der Waals surface area contributed by atoms with Gasteiger partial charge in [0.05, 0.1) is 5.39 Å². The lowest BCUT2D eigenvalue weighted by atomic mass is 9.89. The fourth-order valence-corrected chi connectivity index (χ4v) is 4.77. The monoisotopic (exact) mass is 324 g/mol. The van der Waals surface area contributed by atoms with Crippen molar-refractivity contribution in [2.24, 2.45) is 5.92 Å². The summed E-state index contributed by atoms with van der Waals surface area (Å²) in [6.45, 7) is 3.52. The Labute approximate surface area is 132 Å². The quantitative estimate of drug-likeness (QED) is 0.693. The zero-order valence-electron chi connectivity index (χ0n) is 12.4. The predicted molar refractivity (Wildman–Crippen MR) is 89.0 cm³/mol. The van der Waals surface area contributed by atoms with Crippen molar-refractivity contribution in [1.82, 2.24) is 9.55 Å². The summed E-state index contributed by atoms with van der Waals surface area (Å²) in [6, 6.07) is 0. The molecule has 114 valence electrons. The number of H-pyrrole nitrogens is 1. The van der Waals surface area contributed by atoms with Crippen molar-refractivity contribution in [2.75, 3.05) is 13.7 Å². The lowest BCUT2D eigenvalue weighted by Crippen LogP contribution is -2.23. The molecule has 2 aromatic rings. The molecule has 0 aliphatic heterocycles. The minimum atomic E-state index is 0.0666. The molecule has 0 fully saturated rings. The van der Waals surface area contributed by atoms with E-state index in [1.165, 1.54) is 10.4 Å². The Morgan fingerprint density at radius 3 is 3.10 bits per heavy atom. The molecule has 1 aliphatic carbocycles. The van der Waals surface area contributed by atoms with Gasteiger partial charge >= 0.3 is 0 Å². The second-order valence-electron chi connectivity index (χ2n) is 5.79. The van der Waals surface area contributed by atoms with Gasteiger partial charge in [-0.15, -0.1) is 11.3 Å². The molecule has 1 N–H and O–H groups in total. The minimum Gasteiger partial charge on any atom is -0.385 e. The van der Waals surface area contributed by atoms with E-state index in [1.54, 1.807) is 23.0 Å². The molecule has 0 amide bonds. The topological polar surface area (TPSA) is 47.0 Å². The van der Waals surface area contributed by atoms with Crippen LogP contribution in [0.2, 0.25) is 0 Å². The summed E-state index contributed by atoms with van der Waals surface area (Å²) in [7, 11) is 1.67. The van der Waals surface area contributed by atoms with Gasteiger partial charge in [-0.3, -0.25) is 9.36 Å². The Balaban J connectivity index is 2.11. The Kier molecular flexibility index (Phi) is 4.28. The number of hydrogen-bond acceptors (Lipinski definition) is 4. The van der Waals surface area contributed by atoms with Crippen molar-refractivity contribution in [3.8, 4) is 0 Å². The van der Waals surface area contributed by atoms with E-state index in [2.05, 4.69) is 11.9 Å². The lowest BCUT2D eigenvalue weighted by molar-refractivity contribution is 0.189. The van der Waals surface area contributed by atoms with Gasteiger partial charge in [-0.05, 0) is 49.4 Å². The molecule has 3 rings (SSSR count). The van der Waals surface area contributed by atoms with E-state index in [-0.39, 0.29) is 5.56 Å². The lowest BCUT2D eigenvalue weighted by Gasteiger charge is -2.17. The van der Waals surface area contributed by atoms with Crippen LogP contribution in [0, 0.1) is 10.7 Å². The maximum Gasteiger partial charge on any atom is 0.263 e. The summed E-state index contributed by atoms with van der Waals surface area (Å²) in [4.78, 5) is 18.4. The maximum absolute atomic E-state index is 12.8. The van der Waals surface area contributed by atoms with E-state index in [4.69, 9.17) is 17.0 Å². The number of nitrogens with zero attached hydrogens (tertiary/aromatic N) is 1. The number of nitrogens with one attached hydrogen (secondary N) is 1. The molecule has 1 atom stereocenters. The van der Waals surface area contributed by atoms with Crippen molar-refractivity contribution in [2.45, 2.75) is 39.2 Å². The number of fused-ring (bicyclic) bond motifs is 3. The molecule has 0 spiro atoms. The molecule has 4 nitrogen and oxygen atoms in total. The third-order valence-electron chi connectivity index (χ3n) is 4.17. The van der Waals surface area contributed by atoms with Crippen LogP contribution in [0.5, 0.6) is 0 Å². The third kappa shape index (κ3) is 2.72. The third-order valence-corrected chi connectivity index (χ3v) is 5.66. The molecular formula is C15H20N2O2S2. The zero-order valence-corrected chi connectivity index (χ0v) is 14.0. The second kappa shape index (κ2) is 6.02. The van der Waals surface area contributed by atoms with E-state index in [9.17, 15) is 4.79 Å². The van der Waals surface area contributed by atoms with Crippen molar-refractivity contribution in [3.63, 3.8) is 0 Å². The van der Waals surface area contributed by atoms with E-state index >= 15 is 0 Å². The highest BCUT2D eigenvalue weighted by Crippen LogP contribution is 2.35. The first-order chi connectivity index (χ1) is 10.1. The number of thiophene rings is 1. The van der Waals surface area contributed by atoms with Crippen LogP contribution in [-0.4, -0.2) is 23.3 Å². The normalized spacial score (nSPS) is 18.1. The minimum absolute atomic E-state index is 0.0666. The Bertz CT molecular complexity index is 772. The van der Waals surface area contributed by atoms with Crippen molar-refractivity contribution in [1.29, 1.82) is 0 Å². The first-order valence-corrected chi connectivity index (χ1v) is 8.60. The van der Waals surface area contributed by atoms with Gasteiger partial charge < -0.3 is 9.72 Å². The van der Waals surface area contributed by atoms with Crippen LogP contribution in [-0.2, 0) is 24.1 Å². The number of methoxy groups -OCH3 is 1. The zero-order chi connectivity index (χ0) is 15.0. The second-order valence-corrected chi connectivity index (χ2v) is 7.28. The van der Waals surface area contributed by atoms with Gasteiger partial charge in [-0.2, -0.15) is 0 Å². The van der Waals surface area contributed by atoms with E-state index < -0.39 is 0 Å². The van der Waals surface area contributed by atoms with Gasteiger partial charge in [0.15, 0.2) is 4.77 Å². The number of aromatic amines is 1. The van der Waals surface area contributed by atoms with Gasteiger partial charge in [0, 0.05) is 25.1 Å². The van der Waals surface area contributed by atoms with Gasteiger partial charge in [-0.25, -0.2) is 0 Å². The Hall–Kier alpha value is -0.980. The SMILES string of the molecule is COCCCn1c(=S)[nH]c2sc3c(c2c1=O)CC[C@H](C)C3. The van der Waals surface area contributed by atoms with Gasteiger partial charge in [-0.1, -0.05) is 6.92 Å². The summed E-state index contributed by atoms with van der Waals surface area (Å²) < 4.78 is 7.27. The largest absolute Gasteiger partial charge is 0.385 e. The van der Waals surface area contributed by atoms with Crippen LogP contribution in [0.3, 0.4) is 0 Å². The fourth-order valence-electron chi connectivity index (χ4n) is 3.03. The number of aromatic nitrogens is 2. The van der Waals surface area contributed by atoms with Crippen LogP contribution in [0.25, 0.3) is 10.2 Å². The molecule has 2 aromatic heterocycles. The molecule has 0 aromatic carbocycles. The van der Waals surface area contributed by atoms with E-state index in [0.717, 1.165) is 35.9 Å². The molecule has 21 heavy (non-hydrogen) atoms. The molecule has 0 unspecified atom stereocenters. The van der Waals surface area contributed by atoms with Crippen LogP contribution in [0.4, 0.5) is 0 Å². The highest BCUT2D eigenvalue weighted by atomic mass is 32.1. The molecule has 0 bridgehead atoms. The number of rotatable bonds is 4. The van der Waals surface area contributed by atoms with Crippen molar-refractivity contribution >= 4 is 33.8 Å². The number of aryl methyl sites for hydroxylation is 1. The standard InChI is InChI=1S/C15H20N2O2S2/c1-9-4-5-10-11(8-9)21-13-12(10)14(18)17(15(20)16-13)6-3-7-19-2/h9H,3-8H2,1-2H3,(H,16,20)/t9-/m0/s1. The first kappa shape index (κ1) is 14.9. The van der Waals surface area contributed by atoms with Crippen LogP contribution >= 0.6 is 23.6 Å². The van der Waals surface area contributed by atoms with E-state index in [1.807, 2.05) is 0 Å². The molecule has 0 saturated carbocycles. The Morgan fingerprint density at radius 2 is 2.33 bits per heavy atom. The van der Waals surface area contributed by atoms with Crippen molar-refractivity contribution < 1.29 is 4.74 Å². The van der Waals surface area contributed by atoms with Gasteiger partial charge in [0.1, 0.15) is 4.83 Å². The molecule has 6 heteroatoms. The summed E-state index contributed by atoms with van der Waals surface area (Å²) in [5, 5.41) is 0.868. The van der Waals surface area contributed by atoms with Gasteiger partial charge in [0.2, 0.25) is 0 Å². The van der Waals surface area contributed by atoms with Crippen LogP contribution in [0.15, 0.2) is 4.79 Å². The molecule has 0 radical (unpaired) electrons. The Morgan fingerprint density at radius 1 is 1.52 bits per heavy atom. The molecule has 2 heterocycles. The average molecular weight is 324 g/mol. The first-order valence-electron chi connectivity index (χ1n) is 7.38. The fraction of sp³-hybridized carbons (Fsp3) is 0.600. The van der Waals surface area contributed by atoms with E-state index in [0.29, 0.717) is 23.8 Å². The highest BCUT2D eigenvalue weighted by molar-refractivity contribution is 7.71. The predicted octanol–water partition coefficient (Wildman–Crippen LogP) is 3.28. The number of ether oxygens (including phenoxy) is 1. The molecular weight excluding hydrogens is 304 g/mol. The number of hydrogen-bond donors (Lipinski definition) is 1. The summed E-state index contributed by atoms with van der Waals surface area (Å²) in [5.41, 5.74) is 1.32.